The molecule has 1 unspecified atom stereocenters. The normalized spacial score (nSPS) is 15.7. The molecule has 0 saturated carbocycles. The van der Waals surface area contributed by atoms with Gasteiger partial charge in [0.2, 0.25) is 18.0 Å². The van der Waals surface area contributed by atoms with Gasteiger partial charge in [-0.3, -0.25) is 9.15 Å². The zero-order valence-electron chi connectivity index (χ0n) is 20.8. The number of methoxy groups -OCH3 is 1. The summed E-state index contributed by atoms with van der Waals surface area (Å²) in [5.41, 5.74) is 5.38. The molecule has 0 N–H and O–H groups in total. The van der Waals surface area contributed by atoms with Gasteiger partial charge in [0.05, 0.1) is 12.7 Å². The lowest BCUT2D eigenvalue weighted by Crippen LogP contribution is -2.24. The Kier molecular flexibility index (Phi) is 5.51. The number of carbonyl (C=O) groups excluding carboxylic acids is 1. The molecule has 0 aliphatic carbocycles. The van der Waals surface area contributed by atoms with Gasteiger partial charge in [-0.2, -0.15) is 0 Å². The monoisotopic (exact) mass is 522 g/mol. The Morgan fingerprint density at radius 3 is 2.46 bits per heavy atom. The van der Waals surface area contributed by atoms with E-state index >= 15 is 0 Å². The van der Waals surface area contributed by atoms with E-state index in [1.54, 1.807) is 6.07 Å². The van der Waals surface area contributed by atoms with Crippen LogP contribution < -0.4 is 18.9 Å². The third kappa shape index (κ3) is 4.06. The molecule has 3 heterocycles. The number of carbonyl (C=O) groups is 1. The Hall–Kier alpha value is -5.11. The molecular weight excluding hydrogens is 500 g/mol. The number of rotatable bonds is 6. The number of ether oxygens (including phenoxy) is 5. The highest BCUT2D eigenvalue weighted by atomic mass is 17.0. The van der Waals surface area contributed by atoms with Gasteiger partial charge < -0.3 is 23.7 Å². The van der Waals surface area contributed by atoms with E-state index in [4.69, 9.17) is 32.8 Å². The van der Waals surface area contributed by atoms with Crippen molar-refractivity contribution in [3.63, 3.8) is 0 Å². The Morgan fingerprint density at radius 1 is 0.846 bits per heavy atom. The van der Waals surface area contributed by atoms with Crippen LogP contribution in [0.2, 0.25) is 0 Å². The second kappa shape index (κ2) is 9.33. The molecule has 8 nitrogen and oxygen atoms in total. The summed E-state index contributed by atoms with van der Waals surface area (Å²) in [4.78, 5) is 13.4. The number of hydrogen-bond acceptors (Lipinski definition) is 8. The number of esters is 1. The first-order valence-electron chi connectivity index (χ1n) is 12.4. The first kappa shape index (κ1) is 23.0. The maximum Gasteiger partial charge on any atom is 0.338 e. The summed E-state index contributed by atoms with van der Waals surface area (Å²) in [5, 5.41) is 0. The van der Waals surface area contributed by atoms with Gasteiger partial charge in [-0.15, -0.1) is 0 Å². The van der Waals surface area contributed by atoms with Gasteiger partial charge in [0.25, 0.3) is 0 Å². The zero-order valence-corrected chi connectivity index (χ0v) is 20.8. The van der Waals surface area contributed by atoms with Gasteiger partial charge >= 0.3 is 5.97 Å². The first-order chi connectivity index (χ1) is 19.2. The van der Waals surface area contributed by atoms with Crippen LogP contribution in [0.15, 0.2) is 99.7 Å². The lowest BCUT2D eigenvalue weighted by molar-refractivity contribution is -0.137. The fraction of sp³-hybridized carbons (Fsp3) is 0.129. The summed E-state index contributed by atoms with van der Waals surface area (Å²) in [6, 6.07) is 26.5. The Balaban J connectivity index is 1.38. The summed E-state index contributed by atoms with van der Waals surface area (Å²) < 4.78 is 39.1. The first-order valence-corrected chi connectivity index (χ1v) is 12.4. The topological polar surface area (TPSA) is 89.5 Å². The fourth-order valence-electron chi connectivity index (χ4n) is 4.89. The molecule has 8 heteroatoms. The van der Waals surface area contributed by atoms with Crippen molar-refractivity contribution in [2.45, 2.75) is 12.7 Å². The van der Waals surface area contributed by atoms with Crippen molar-refractivity contribution in [1.29, 1.82) is 0 Å². The Bertz CT molecular complexity index is 1730. The van der Waals surface area contributed by atoms with Crippen LogP contribution in [0.25, 0.3) is 16.7 Å². The van der Waals surface area contributed by atoms with Crippen molar-refractivity contribution in [2.75, 3.05) is 13.9 Å². The van der Waals surface area contributed by atoms with Crippen molar-refractivity contribution >= 4 is 22.7 Å². The third-order valence-electron chi connectivity index (χ3n) is 6.80. The number of fused-ring (bicyclic) bond motifs is 3. The van der Waals surface area contributed by atoms with E-state index in [0.717, 1.165) is 16.7 Å². The zero-order chi connectivity index (χ0) is 26.3. The van der Waals surface area contributed by atoms with Crippen LogP contribution in [0, 0.1) is 0 Å². The standard InChI is InChI=1S/C31H22O8/c1-33-31(32)29-28(19-7-11-25-27(13-19)39-38-25)22-15-21(34-16-18-5-3-2-4-6-18)9-12-23(22)37-30(29)20-8-10-24-26(14-20)36-17-35-24/h2-15,30H,16-17H2,1H3. The minimum absolute atomic E-state index is 0.140. The molecule has 0 amide bonds. The summed E-state index contributed by atoms with van der Waals surface area (Å²) in [7, 11) is 1.35. The molecule has 1 atom stereocenters. The van der Waals surface area contributed by atoms with E-state index < -0.39 is 12.1 Å². The molecule has 194 valence electrons. The number of benzene rings is 4. The lowest BCUT2D eigenvalue weighted by atomic mass is 9.85. The van der Waals surface area contributed by atoms with Crippen molar-refractivity contribution in [3.05, 3.63) is 113 Å². The summed E-state index contributed by atoms with van der Waals surface area (Å²) in [6.45, 7) is 0.536. The second-order valence-corrected chi connectivity index (χ2v) is 9.15. The van der Waals surface area contributed by atoms with Gasteiger partial charge in [-0.05, 0) is 53.6 Å². The molecule has 2 aliphatic rings. The van der Waals surface area contributed by atoms with E-state index in [-0.39, 0.29) is 6.79 Å². The second-order valence-electron chi connectivity index (χ2n) is 9.15. The fourth-order valence-corrected chi connectivity index (χ4v) is 4.89. The van der Waals surface area contributed by atoms with Crippen molar-refractivity contribution in [1.82, 2.24) is 0 Å². The summed E-state index contributed by atoms with van der Waals surface area (Å²) >= 11 is 0. The van der Waals surface area contributed by atoms with Crippen LogP contribution in [0.1, 0.15) is 28.4 Å². The molecule has 1 aromatic heterocycles. The predicted octanol–water partition coefficient (Wildman–Crippen LogP) is 6.44. The van der Waals surface area contributed by atoms with Crippen LogP contribution in [0.3, 0.4) is 0 Å². The van der Waals surface area contributed by atoms with Crippen LogP contribution in [-0.4, -0.2) is 19.9 Å². The highest BCUT2D eigenvalue weighted by Crippen LogP contribution is 2.48. The van der Waals surface area contributed by atoms with E-state index in [0.29, 0.717) is 57.5 Å². The van der Waals surface area contributed by atoms with E-state index in [1.807, 2.05) is 78.9 Å². The quantitative estimate of drug-likeness (QED) is 0.186. The van der Waals surface area contributed by atoms with Crippen LogP contribution in [0.5, 0.6) is 23.0 Å². The minimum Gasteiger partial charge on any atom is -0.489 e. The van der Waals surface area contributed by atoms with Gasteiger partial charge in [-0.25, -0.2) is 4.79 Å². The SMILES string of the molecule is COC(=O)C1=C(c2ccc3ooc3c2)c2cc(OCc3ccccc3)ccc2OC1c1ccc2c(c1)OCO2. The lowest BCUT2D eigenvalue weighted by Gasteiger charge is -2.31. The van der Waals surface area contributed by atoms with Crippen molar-refractivity contribution < 1.29 is 37.6 Å². The molecule has 7 rings (SSSR count). The predicted molar refractivity (Wildman–Crippen MR) is 140 cm³/mol. The largest absolute Gasteiger partial charge is 0.489 e. The third-order valence-corrected chi connectivity index (χ3v) is 6.80. The molecule has 5 aromatic rings. The summed E-state index contributed by atoms with van der Waals surface area (Å²) in [6.07, 6.45) is -0.770. The molecule has 0 saturated heterocycles. The molecule has 4 aromatic carbocycles. The van der Waals surface area contributed by atoms with Crippen LogP contribution in [0.4, 0.5) is 0 Å². The average molecular weight is 523 g/mol. The molecule has 0 spiro atoms. The molecule has 39 heavy (non-hydrogen) atoms. The Labute approximate surface area is 222 Å². The van der Waals surface area contributed by atoms with E-state index in [2.05, 4.69) is 0 Å². The average Bonchev–Trinajstić information content (AvgIpc) is 3.44. The molecule has 0 fully saturated rings. The van der Waals surface area contributed by atoms with E-state index in [1.165, 1.54) is 7.11 Å². The maximum atomic E-state index is 13.4. The van der Waals surface area contributed by atoms with Crippen LogP contribution in [-0.2, 0) is 16.1 Å². The number of hydrogen-bond donors (Lipinski definition) is 0. The molecule has 2 aliphatic heterocycles. The van der Waals surface area contributed by atoms with Crippen LogP contribution >= 0.6 is 0 Å². The Morgan fingerprint density at radius 2 is 1.67 bits per heavy atom. The highest BCUT2D eigenvalue weighted by molar-refractivity contribution is 6.05. The van der Waals surface area contributed by atoms with Crippen molar-refractivity contribution in [2.24, 2.45) is 0 Å². The molecule has 0 radical (unpaired) electrons. The van der Waals surface area contributed by atoms with Gasteiger partial charge in [0, 0.05) is 16.7 Å². The maximum absolute atomic E-state index is 13.4. The highest BCUT2D eigenvalue weighted by Gasteiger charge is 2.37. The van der Waals surface area contributed by atoms with Gasteiger partial charge in [-0.1, -0.05) is 42.5 Å². The van der Waals surface area contributed by atoms with Gasteiger partial charge in [0.15, 0.2) is 17.6 Å². The minimum atomic E-state index is -0.770. The van der Waals surface area contributed by atoms with E-state index in [9.17, 15) is 4.79 Å². The van der Waals surface area contributed by atoms with Crippen molar-refractivity contribution in [3.8, 4) is 23.0 Å². The molecular formula is C31H22O8. The van der Waals surface area contributed by atoms with Gasteiger partial charge in [0.1, 0.15) is 18.1 Å². The summed E-state index contributed by atoms with van der Waals surface area (Å²) in [5.74, 6) is 1.93. The molecule has 0 bridgehead atoms. The smallest absolute Gasteiger partial charge is 0.338 e.